The molecule has 0 aromatic carbocycles. The average Bonchev–Trinajstić information content (AvgIpc) is 2.96. The quantitative estimate of drug-likeness (QED) is 0.916. The van der Waals surface area contributed by atoms with Gasteiger partial charge in [-0.25, -0.2) is 15.0 Å². The number of fused-ring (bicyclic) bond motifs is 1. The van der Waals surface area contributed by atoms with Crippen LogP contribution in [0.15, 0.2) is 12.4 Å². The highest BCUT2D eigenvalue weighted by atomic mass is 16.2. The lowest BCUT2D eigenvalue weighted by Gasteiger charge is -2.22. The zero-order valence-corrected chi connectivity index (χ0v) is 13.6. The Hall–Kier alpha value is -2.44. The third kappa shape index (κ3) is 3.18. The summed E-state index contributed by atoms with van der Waals surface area (Å²) in [7, 11) is 1.79. The Morgan fingerprint density at radius 3 is 2.87 bits per heavy atom. The number of amides is 1. The molecular weight excluding hydrogens is 292 g/mol. The third-order valence-electron chi connectivity index (χ3n) is 4.35. The highest BCUT2D eigenvalue weighted by molar-refractivity contribution is 5.94. The topological polar surface area (TPSA) is 89.9 Å². The average molecular weight is 314 g/mol. The van der Waals surface area contributed by atoms with Gasteiger partial charge < -0.3 is 15.2 Å². The number of hydrogen-bond donors (Lipinski definition) is 1. The molecule has 122 valence electrons. The van der Waals surface area contributed by atoms with E-state index in [4.69, 9.17) is 5.73 Å². The van der Waals surface area contributed by atoms with E-state index in [-0.39, 0.29) is 11.9 Å². The zero-order chi connectivity index (χ0) is 16.4. The van der Waals surface area contributed by atoms with E-state index in [2.05, 4.69) is 15.0 Å². The Morgan fingerprint density at radius 2 is 2.13 bits per heavy atom. The number of hydrogen-bond acceptors (Lipinski definition) is 5. The smallest absolute Gasteiger partial charge is 0.272 e. The second-order valence-corrected chi connectivity index (χ2v) is 5.96. The number of rotatable bonds is 4. The lowest BCUT2D eigenvalue weighted by Crippen LogP contribution is -2.32. The van der Waals surface area contributed by atoms with Crippen LogP contribution >= 0.6 is 0 Å². The number of nitrogens with zero attached hydrogens (tertiary/aromatic N) is 5. The summed E-state index contributed by atoms with van der Waals surface area (Å²) in [6.45, 7) is 3.24. The molecule has 2 heterocycles. The Labute approximate surface area is 135 Å². The minimum absolute atomic E-state index is 0.0879. The Morgan fingerprint density at radius 1 is 1.35 bits per heavy atom. The number of aromatic nitrogens is 4. The lowest BCUT2D eigenvalue weighted by molar-refractivity contribution is 0.0782. The van der Waals surface area contributed by atoms with E-state index in [1.165, 1.54) is 0 Å². The maximum Gasteiger partial charge on any atom is 0.272 e. The van der Waals surface area contributed by atoms with Crippen molar-refractivity contribution in [2.45, 2.75) is 39.2 Å². The second-order valence-electron chi connectivity index (χ2n) is 5.96. The number of nitrogens with two attached hydrogens (primary N) is 1. The molecule has 0 saturated heterocycles. The van der Waals surface area contributed by atoms with Crippen LogP contribution in [0, 0.1) is 6.92 Å². The minimum Gasteiger partial charge on any atom is -0.368 e. The van der Waals surface area contributed by atoms with E-state index in [0.29, 0.717) is 18.8 Å². The standard InChI is InChI=1S/C16H22N6O/c1-11-18-7-8-22(11)10-9-21(2)15(23)14-12-5-3-4-6-13(12)19-16(17)20-14/h7-8H,3-6,9-10H2,1-2H3,(H2,17,19,20). The number of carbonyl (C=O) groups is 1. The van der Waals surface area contributed by atoms with Crippen LogP contribution in [0.2, 0.25) is 0 Å². The van der Waals surface area contributed by atoms with E-state index < -0.39 is 0 Å². The molecule has 0 saturated carbocycles. The molecule has 0 aliphatic heterocycles. The number of nitrogen functional groups attached to an aromatic ring is 1. The predicted octanol–water partition coefficient (Wildman–Crippen LogP) is 1.21. The van der Waals surface area contributed by atoms with Crippen LogP contribution in [0.25, 0.3) is 0 Å². The molecule has 0 fully saturated rings. The molecule has 0 bridgehead atoms. The summed E-state index contributed by atoms with van der Waals surface area (Å²) in [5.41, 5.74) is 8.17. The van der Waals surface area contributed by atoms with Gasteiger partial charge in [-0.1, -0.05) is 0 Å². The first kappa shape index (κ1) is 15.5. The largest absolute Gasteiger partial charge is 0.368 e. The van der Waals surface area contributed by atoms with Crippen molar-refractivity contribution >= 4 is 11.9 Å². The van der Waals surface area contributed by atoms with Gasteiger partial charge in [0.05, 0.1) is 0 Å². The Kier molecular flexibility index (Phi) is 4.27. The van der Waals surface area contributed by atoms with Gasteiger partial charge in [-0.15, -0.1) is 0 Å². The molecule has 7 nitrogen and oxygen atoms in total. The van der Waals surface area contributed by atoms with Crippen LogP contribution in [-0.4, -0.2) is 43.9 Å². The van der Waals surface area contributed by atoms with Crippen molar-refractivity contribution in [3.8, 4) is 0 Å². The molecule has 0 spiro atoms. The van der Waals surface area contributed by atoms with Crippen LogP contribution in [0.4, 0.5) is 5.95 Å². The van der Waals surface area contributed by atoms with Crippen LogP contribution < -0.4 is 5.73 Å². The summed E-state index contributed by atoms with van der Waals surface area (Å²) in [4.78, 5) is 27.2. The fourth-order valence-electron chi connectivity index (χ4n) is 2.97. The molecule has 23 heavy (non-hydrogen) atoms. The maximum absolute atomic E-state index is 12.8. The highest BCUT2D eigenvalue weighted by Gasteiger charge is 2.23. The molecule has 7 heteroatoms. The summed E-state index contributed by atoms with van der Waals surface area (Å²) >= 11 is 0. The van der Waals surface area contributed by atoms with Gasteiger partial charge in [0.1, 0.15) is 11.5 Å². The first-order valence-electron chi connectivity index (χ1n) is 7.94. The number of imidazole rings is 1. The van der Waals surface area contributed by atoms with E-state index >= 15 is 0 Å². The SMILES string of the molecule is Cc1nccn1CCN(C)C(=O)c1nc(N)nc2c1CCCC2. The van der Waals surface area contributed by atoms with Crippen molar-refractivity contribution in [1.82, 2.24) is 24.4 Å². The van der Waals surface area contributed by atoms with Crippen LogP contribution in [0.3, 0.4) is 0 Å². The van der Waals surface area contributed by atoms with Crippen molar-refractivity contribution in [2.24, 2.45) is 0 Å². The van der Waals surface area contributed by atoms with Gasteiger partial charge in [0.2, 0.25) is 5.95 Å². The fourth-order valence-corrected chi connectivity index (χ4v) is 2.97. The van der Waals surface area contributed by atoms with Gasteiger partial charge in [-0.2, -0.15) is 0 Å². The van der Waals surface area contributed by atoms with Gasteiger partial charge >= 0.3 is 0 Å². The monoisotopic (exact) mass is 314 g/mol. The summed E-state index contributed by atoms with van der Waals surface area (Å²) in [6.07, 6.45) is 7.56. The van der Waals surface area contributed by atoms with Gasteiger partial charge in [0.25, 0.3) is 5.91 Å². The van der Waals surface area contributed by atoms with Crippen molar-refractivity contribution in [3.63, 3.8) is 0 Å². The van der Waals surface area contributed by atoms with Crippen molar-refractivity contribution in [2.75, 3.05) is 19.3 Å². The summed E-state index contributed by atoms with van der Waals surface area (Å²) in [5, 5.41) is 0. The predicted molar refractivity (Wildman–Crippen MR) is 87.0 cm³/mol. The molecule has 2 N–H and O–H groups in total. The molecule has 0 radical (unpaired) electrons. The normalized spacial score (nSPS) is 13.7. The van der Waals surface area contributed by atoms with Crippen molar-refractivity contribution < 1.29 is 4.79 Å². The van der Waals surface area contributed by atoms with Gasteiger partial charge in [-0.05, 0) is 32.6 Å². The van der Waals surface area contributed by atoms with Crippen molar-refractivity contribution in [3.05, 3.63) is 35.2 Å². The first-order chi connectivity index (χ1) is 11.1. The molecule has 1 aliphatic rings. The molecule has 0 atom stereocenters. The van der Waals surface area contributed by atoms with E-state index in [1.807, 2.05) is 17.7 Å². The number of aryl methyl sites for hydroxylation is 2. The van der Waals surface area contributed by atoms with Crippen LogP contribution in [-0.2, 0) is 19.4 Å². The van der Waals surface area contributed by atoms with E-state index in [9.17, 15) is 4.79 Å². The number of carbonyl (C=O) groups excluding carboxylic acids is 1. The highest BCUT2D eigenvalue weighted by Crippen LogP contribution is 2.23. The van der Waals surface area contributed by atoms with Crippen molar-refractivity contribution in [1.29, 1.82) is 0 Å². The summed E-state index contributed by atoms with van der Waals surface area (Å²) in [6, 6.07) is 0. The summed E-state index contributed by atoms with van der Waals surface area (Å²) < 4.78 is 2.02. The number of anilines is 1. The van der Waals surface area contributed by atoms with Crippen LogP contribution in [0.5, 0.6) is 0 Å². The molecule has 2 aromatic heterocycles. The molecule has 1 aliphatic carbocycles. The molecule has 0 unspecified atom stereocenters. The zero-order valence-electron chi connectivity index (χ0n) is 13.6. The molecule has 1 amide bonds. The third-order valence-corrected chi connectivity index (χ3v) is 4.35. The summed E-state index contributed by atoms with van der Waals surface area (Å²) in [5.74, 6) is 1.04. The second kappa shape index (κ2) is 6.36. The Balaban J connectivity index is 1.77. The fraction of sp³-hybridized carbons (Fsp3) is 0.500. The number of likely N-dealkylation sites (N-methyl/N-ethyl adjacent to an activating group) is 1. The van der Waals surface area contributed by atoms with E-state index in [0.717, 1.165) is 42.8 Å². The molecule has 3 rings (SSSR count). The van der Waals surface area contributed by atoms with Crippen LogP contribution in [0.1, 0.15) is 40.4 Å². The molecular formula is C16H22N6O. The van der Waals surface area contributed by atoms with Gasteiger partial charge in [-0.3, -0.25) is 4.79 Å². The maximum atomic E-state index is 12.8. The molecule has 2 aromatic rings. The lowest BCUT2D eigenvalue weighted by atomic mass is 9.94. The first-order valence-corrected chi connectivity index (χ1v) is 7.94. The van der Waals surface area contributed by atoms with Gasteiger partial charge in [0.15, 0.2) is 0 Å². The Bertz CT molecular complexity index is 723. The van der Waals surface area contributed by atoms with E-state index in [1.54, 1.807) is 18.1 Å². The van der Waals surface area contributed by atoms with Gasteiger partial charge in [0, 0.05) is 43.8 Å². The minimum atomic E-state index is -0.0879.